The summed E-state index contributed by atoms with van der Waals surface area (Å²) in [6.45, 7) is 0.400. The van der Waals surface area contributed by atoms with E-state index in [0.717, 1.165) is 11.3 Å². The lowest BCUT2D eigenvalue weighted by Gasteiger charge is -2.05. The smallest absolute Gasteiger partial charge is 0.136 e. The van der Waals surface area contributed by atoms with Crippen LogP contribution in [0.2, 0.25) is 0 Å². The van der Waals surface area contributed by atoms with Crippen molar-refractivity contribution in [1.29, 1.82) is 0 Å². The summed E-state index contributed by atoms with van der Waals surface area (Å²) in [5.41, 5.74) is 1.84. The Balaban J connectivity index is 1.79. The van der Waals surface area contributed by atoms with Crippen LogP contribution < -0.4 is 4.74 Å². The summed E-state index contributed by atoms with van der Waals surface area (Å²) >= 11 is 0. The first-order valence-electron chi connectivity index (χ1n) is 5.62. The fraction of sp³-hybridized carbons (Fsp3) is 0.0714. The molecule has 18 heavy (non-hydrogen) atoms. The van der Waals surface area contributed by atoms with Gasteiger partial charge in [0.15, 0.2) is 0 Å². The fourth-order valence-electron chi connectivity index (χ4n) is 1.78. The third kappa shape index (κ3) is 2.05. The number of fused-ring (bicyclic) bond motifs is 1. The summed E-state index contributed by atoms with van der Waals surface area (Å²) in [7, 11) is 0. The van der Waals surface area contributed by atoms with E-state index in [1.807, 2.05) is 28.8 Å². The number of imidazole rings is 1. The molecule has 1 aromatic carbocycles. The number of benzene rings is 1. The summed E-state index contributed by atoms with van der Waals surface area (Å²) in [5.74, 6) is 0.374. The second-order valence-electron chi connectivity index (χ2n) is 3.92. The first-order chi connectivity index (χ1) is 8.83. The van der Waals surface area contributed by atoms with Crippen LogP contribution in [0.1, 0.15) is 5.69 Å². The van der Waals surface area contributed by atoms with Crippen molar-refractivity contribution in [3.8, 4) is 5.75 Å². The van der Waals surface area contributed by atoms with Crippen LogP contribution in [-0.4, -0.2) is 9.38 Å². The third-order valence-electron chi connectivity index (χ3n) is 2.69. The summed E-state index contributed by atoms with van der Waals surface area (Å²) in [4.78, 5) is 4.27. The van der Waals surface area contributed by atoms with Crippen LogP contribution >= 0.6 is 0 Å². The minimum Gasteiger partial charge on any atom is -0.487 e. The molecule has 2 heterocycles. The summed E-state index contributed by atoms with van der Waals surface area (Å²) < 4.78 is 20.3. The second-order valence-corrected chi connectivity index (χ2v) is 3.92. The highest BCUT2D eigenvalue weighted by atomic mass is 19.1. The van der Waals surface area contributed by atoms with Crippen molar-refractivity contribution in [1.82, 2.24) is 9.38 Å². The minimum absolute atomic E-state index is 0.267. The van der Waals surface area contributed by atoms with Gasteiger partial charge in [0.05, 0.1) is 11.9 Å². The molecule has 0 unspecified atom stereocenters. The number of rotatable bonds is 3. The third-order valence-corrected chi connectivity index (χ3v) is 2.69. The Kier molecular flexibility index (Phi) is 2.68. The predicted octanol–water partition coefficient (Wildman–Crippen LogP) is 3.05. The highest BCUT2D eigenvalue weighted by Crippen LogP contribution is 2.14. The molecule has 3 nitrogen and oxygen atoms in total. The molecule has 0 fully saturated rings. The molecule has 0 amide bonds. The molecule has 0 aliphatic carbocycles. The molecular formula is C14H11FN2O. The Bertz CT molecular complexity index is 661. The SMILES string of the molecule is Fc1ccc(OCc2cnc3ccccn23)cc1. The average molecular weight is 242 g/mol. The van der Waals surface area contributed by atoms with E-state index in [2.05, 4.69) is 4.98 Å². The number of hydrogen-bond acceptors (Lipinski definition) is 2. The Morgan fingerprint density at radius 3 is 2.78 bits per heavy atom. The van der Waals surface area contributed by atoms with Crippen LogP contribution in [0.4, 0.5) is 4.39 Å². The van der Waals surface area contributed by atoms with Gasteiger partial charge in [0.2, 0.25) is 0 Å². The van der Waals surface area contributed by atoms with Crippen molar-refractivity contribution in [2.45, 2.75) is 6.61 Å². The zero-order chi connectivity index (χ0) is 12.4. The van der Waals surface area contributed by atoms with Crippen molar-refractivity contribution >= 4 is 5.65 Å². The normalized spacial score (nSPS) is 10.7. The Morgan fingerprint density at radius 2 is 1.94 bits per heavy atom. The number of nitrogens with zero attached hydrogens (tertiary/aromatic N) is 2. The van der Waals surface area contributed by atoms with E-state index in [-0.39, 0.29) is 5.82 Å². The molecule has 0 radical (unpaired) electrons. The van der Waals surface area contributed by atoms with Gasteiger partial charge in [0, 0.05) is 6.20 Å². The molecule has 4 heteroatoms. The van der Waals surface area contributed by atoms with Gasteiger partial charge in [-0.3, -0.25) is 0 Å². The maximum atomic E-state index is 12.7. The van der Waals surface area contributed by atoms with Gasteiger partial charge in [0.25, 0.3) is 0 Å². The molecule has 0 bridgehead atoms. The lowest BCUT2D eigenvalue weighted by molar-refractivity contribution is 0.300. The van der Waals surface area contributed by atoms with E-state index in [0.29, 0.717) is 12.4 Å². The molecule has 0 saturated heterocycles. The van der Waals surface area contributed by atoms with Gasteiger partial charge < -0.3 is 9.14 Å². The molecule has 90 valence electrons. The first-order valence-corrected chi connectivity index (χ1v) is 5.62. The molecule has 0 aliphatic rings. The highest BCUT2D eigenvalue weighted by molar-refractivity contribution is 5.39. The van der Waals surface area contributed by atoms with Crippen LogP contribution in [0.5, 0.6) is 5.75 Å². The van der Waals surface area contributed by atoms with Crippen LogP contribution in [-0.2, 0) is 6.61 Å². The van der Waals surface area contributed by atoms with Crippen LogP contribution in [0.15, 0.2) is 54.9 Å². The Hall–Kier alpha value is -2.36. The van der Waals surface area contributed by atoms with Gasteiger partial charge in [0.1, 0.15) is 23.8 Å². The Labute approximate surface area is 103 Å². The maximum Gasteiger partial charge on any atom is 0.136 e. The van der Waals surface area contributed by atoms with Crippen molar-refractivity contribution < 1.29 is 9.13 Å². The lowest BCUT2D eigenvalue weighted by atomic mass is 10.3. The van der Waals surface area contributed by atoms with Crippen LogP contribution in [0.3, 0.4) is 0 Å². The summed E-state index contributed by atoms with van der Waals surface area (Å²) in [6.07, 6.45) is 3.71. The van der Waals surface area contributed by atoms with Gasteiger partial charge in [-0.05, 0) is 36.4 Å². The van der Waals surface area contributed by atoms with Gasteiger partial charge in [-0.15, -0.1) is 0 Å². The van der Waals surface area contributed by atoms with Crippen LogP contribution in [0, 0.1) is 5.82 Å². The first kappa shape index (κ1) is 10.8. The van der Waals surface area contributed by atoms with Crippen molar-refractivity contribution in [2.24, 2.45) is 0 Å². The number of pyridine rings is 1. The van der Waals surface area contributed by atoms with E-state index < -0.39 is 0 Å². The van der Waals surface area contributed by atoms with Gasteiger partial charge in [-0.1, -0.05) is 6.07 Å². The van der Waals surface area contributed by atoms with Gasteiger partial charge >= 0.3 is 0 Å². The van der Waals surface area contributed by atoms with Gasteiger partial charge in [-0.2, -0.15) is 0 Å². The van der Waals surface area contributed by atoms with Crippen molar-refractivity contribution in [2.75, 3.05) is 0 Å². The molecule has 0 aliphatic heterocycles. The fourth-order valence-corrected chi connectivity index (χ4v) is 1.78. The van der Waals surface area contributed by atoms with Crippen LogP contribution in [0.25, 0.3) is 5.65 Å². The molecular weight excluding hydrogens is 231 g/mol. The quantitative estimate of drug-likeness (QED) is 0.705. The molecule has 0 atom stereocenters. The number of hydrogen-bond donors (Lipinski definition) is 0. The topological polar surface area (TPSA) is 26.5 Å². The molecule has 3 aromatic rings. The van der Waals surface area contributed by atoms with E-state index in [9.17, 15) is 4.39 Å². The summed E-state index contributed by atoms with van der Waals surface area (Å²) in [5, 5.41) is 0. The monoisotopic (exact) mass is 242 g/mol. The van der Waals surface area contributed by atoms with Crippen molar-refractivity contribution in [3.05, 3.63) is 66.4 Å². The van der Waals surface area contributed by atoms with E-state index in [4.69, 9.17) is 4.74 Å². The number of halogens is 1. The zero-order valence-corrected chi connectivity index (χ0v) is 9.58. The van der Waals surface area contributed by atoms with Gasteiger partial charge in [-0.25, -0.2) is 9.37 Å². The largest absolute Gasteiger partial charge is 0.487 e. The Morgan fingerprint density at radius 1 is 1.11 bits per heavy atom. The van der Waals surface area contributed by atoms with E-state index in [1.54, 1.807) is 18.3 Å². The molecule has 3 rings (SSSR count). The standard InChI is InChI=1S/C14H11FN2O/c15-11-4-6-13(7-5-11)18-10-12-9-16-14-3-1-2-8-17(12)14/h1-9H,10H2. The van der Waals surface area contributed by atoms with Crippen molar-refractivity contribution in [3.63, 3.8) is 0 Å². The highest BCUT2D eigenvalue weighted by Gasteiger charge is 2.03. The number of aromatic nitrogens is 2. The lowest BCUT2D eigenvalue weighted by Crippen LogP contribution is -1.99. The predicted molar refractivity (Wildman–Crippen MR) is 65.9 cm³/mol. The molecule has 2 aromatic heterocycles. The molecule has 0 saturated carbocycles. The summed E-state index contributed by atoms with van der Waals surface area (Å²) in [6, 6.07) is 11.8. The number of ether oxygens (including phenoxy) is 1. The maximum absolute atomic E-state index is 12.7. The van der Waals surface area contributed by atoms with E-state index >= 15 is 0 Å². The van der Waals surface area contributed by atoms with E-state index in [1.165, 1.54) is 12.1 Å². The second kappa shape index (κ2) is 4.49. The average Bonchev–Trinajstić information content (AvgIpc) is 2.82. The molecule has 0 N–H and O–H groups in total. The minimum atomic E-state index is -0.267. The zero-order valence-electron chi connectivity index (χ0n) is 9.58. The molecule has 0 spiro atoms.